The average Bonchev–Trinajstić information content (AvgIpc) is 2.51. The molecule has 0 radical (unpaired) electrons. The minimum absolute atomic E-state index is 0.393. The number of pyridine rings is 1. The van der Waals surface area contributed by atoms with Crippen LogP contribution in [0.1, 0.15) is 61.1 Å². The molecule has 0 aliphatic rings. The summed E-state index contributed by atoms with van der Waals surface area (Å²) < 4.78 is 6.22. The number of nitrogens with two attached hydrogens (primary N) is 1. The zero-order valence-corrected chi connectivity index (χ0v) is 16.9. The van der Waals surface area contributed by atoms with Crippen molar-refractivity contribution in [1.29, 1.82) is 0 Å². The van der Waals surface area contributed by atoms with Gasteiger partial charge in [-0.25, -0.2) is 4.98 Å². The van der Waals surface area contributed by atoms with Crippen LogP contribution in [0.15, 0.2) is 18.2 Å². The Kier molecular flexibility index (Phi) is 6.12. The van der Waals surface area contributed by atoms with E-state index in [-0.39, 0.29) is 0 Å². The van der Waals surface area contributed by atoms with Crippen LogP contribution in [0.2, 0.25) is 5.02 Å². The molecule has 0 aliphatic heterocycles. The van der Waals surface area contributed by atoms with Gasteiger partial charge in [0.1, 0.15) is 5.75 Å². The lowest BCUT2D eigenvalue weighted by molar-refractivity contribution is 0.416. The number of nitrogens with zero attached hydrogens (tertiary/aromatic N) is 1. The first kappa shape index (κ1) is 19.7. The fourth-order valence-corrected chi connectivity index (χ4v) is 3.56. The number of hydrogen-bond donors (Lipinski definition) is 1. The minimum atomic E-state index is -0.393. The van der Waals surface area contributed by atoms with E-state index in [1.54, 1.807) is 0 Å². The molecule has 2 rings (SSSR count). The molecule has 1 unspecified atom stereocenters. The van der Waals surface area contributed by atoms with Crippen molar-refractivity contribution in [1.82, 2.24) is 4.98 Å². The number of aromatic nitrogens is 1. The van der Waals surface area contributed by atoms with Crippen molar-refractivity contribution >= 4 is 11.6 Å². The Morgan fingerprint density at radius 3 is 2.28 bits per heavy atom. The van der Waals surface area contributed by atoms with Crippen molar-refractivity contribution in [2.24, 2.45) is 5.73 Å². The fraction of sp³-hybridized carbons (Fsp3) is 0.476. The van der Waals surface area contributed by atoms with Crippen molar-refractivity contribution in [3.05, 3.63) is 51.2 Å². The highest BCUT2D eigenvalue weighted by Crippen LogP contribution is 2.36. The average molecular weight is 361 g/mol. The zero-order valence-electron chi connectivity index (χ0n) is 16.2. The molecule has 1 atom stereocenters. The Labute approximate surface area is 156 Å². The molecule has 0 amide bonds. The molecule has 1 aromatic heterocycles. The molecule has 2 N–H and O–H groups in total. The predicted octanol–water partition coefficient (Wildman–Crippen LogP) is 6.13. The van der Waals surface area contributed by atoms with Gasteiger partial charge in [0.15, 0.2) is 0 Å². The van der Waals surface area contributed by atoms with E-state index in [1.807, 2.05) is 39.8 Å². The predicted molar refractivity (Wildman–Crippen MR) is 106 cm³/mol. The molecule has 0 fully saturated rings. The molecule has 0 bridgehead atoms. The van der Waals surface area contributed by atoms with Crippen molar-refractivity contribution in [2.45, 2.75) is 66.3 Å². The van der Waals surface area contributed by atoms with E-state index in [0.717, 1.165) is 53.0 Å². The number of hydrogen-bond acceptors (Lipinski definition) is 3. The Morgan fingerprint density at radius 1 is 1.12 bits per heavy atom. The molecule has 0 saturated heterocycles. The summed E-state index contributed by atoms with van der Waals surface area (Å²) in [6.07, 6.45) is 3.16. The highest BCUT2D eigenvalue weighted by molar-refractivity contribution is 6.30. The van der Waals surface area contributed by atoms with Gasteiger partial charge in [-0.3, -0.25) is 0 Å². The first-order valence-electron chi connectivity index (χ1n) is 8.88. The summed E-state index contributed by atoms with van der Waals surface area (Å²) in [6.45, 7) is 12.3. The Balaban J connectivity index is 2.47. The van der Waals surface area contributed by atoms with Crippen LogP contribution in [0, 0.1) is 27.7 Å². The van der Waals surface area contributed by atoms with E-state index >= 15 is 0 Å². The number of rotatable bonds is 6. The summed E-state index contributed by atoms with van der Waals surface area (Å²) in [6, 6.07) is 5.90. The van der Waals surface area contributed by atoms with E-state index in [4.69, 9.17) is 22.1 Å². The molecule has 0 spiro atoms. The highest BCUT2D eigenvalue weighted by Gasteiger charge is 2.25. The normalized spacial score (nSPS) is 13.6. The SMILES string of the molecule is CCCCC(C)(N)c1cc(C)nc(Oc2c(C)cc(Cl)cc2C)c1C. The molecule has 1 aromatic carbocycles. The number of aryl methyl sites for hydroxylation is 3. The Morgan fingerprint density at radius 2 is 1.72 bits per heavy atom. The zero-order chi connectivity index (χ0) is 18.8. The molecule has 136 valence electrons. The number of benzene rings is 1. The second-order valence-corrected chi connectivity index (χ2v) is 7.67. The topological polar surface area (TPSA) is 48.1 Å². The lowest BCUT2D eigenvalue weighted by Gasteiger charge is -2.28. The first-order valence-corrected chi connectivity index (χ1v) is 9.25. The third kappa shape index (κ3) is 4.53. The van der Waals surface area contributed by atoms with E-state index < -0.39 is 5.54 Å². The van der Waals surface area contributed by atoms with Gasteiger partial charge in [0.2, 0.25) is 5.88 Å². The quantitative estimate of drug-likeness (QED) is 0.674. The molecule has 4 heteroatoms. The number of ether oxygens (including phenoxy) is 1. The van der Waals surface area contributed by atoms with E-state index in [0.29, 0.717) is 10.9 Å². The summed E-state index contributed by atoms with van der Waals surface area (Å²) in [4.78, 5) is 4.62. The molecule has 3 nitrogen and oxygen atoms in total. The smallest absolute Gasteiger partial charge is 0.222 e. The third-order valence-electron chi connectivity index (χ3n) is 4.64. The summed E-state index contributed by atoms with van der Waals surface area (Å²) >= 11 is 6.13. The summed E-state index contributed by atoms with van der Waals surface area (Å²) in [5.41, 5.74) is 11.2. The summed E-state index contributed by atoms with van der Waals surface area (Å²) in [5.74, 6) is 1.43. The second kappa shape index (κ2) is 7.76. The van der Waals surface area contributed by atoms with Crippen LogP contribution in [0.3, 0.4) is 0 Å². The van der Waals surface area contributed by atoms with Gasteiger partial charge in [-0.1, -0.05) is 31.4 Å². The van der Waals surface area contributed by atoms with Gasteiger partial charge in [0.05, 0.1) is 0 Å². The lowest BCUT2D eigenvalue weighted by Crippen LogP contribution is -2.34. The molecule has 0 aliphatic carbocycles. The first-order chi connectivity index (χ1) is 11.7. The molecule has 0 saturated carbocycles. The Bertz CT molecular complexity index is 746. The van der Waals surface area contributed by atoms with Crippen LogP contribution in [0.25, 0.3) is 0 Å². The van der Waals surface area contributed by atoms with Crippen LogP contribution >= 0.6 is 11.6 Å². The van der Waals surface area contributed by atoms with Gasteiger partial charge >= 0.3 is 0 Å². The largest absolute Gasteiger partial charge is 0.438 e. The number of halogens is 1. The van der Waals surface area contributed by atoms with Crippen molar-refractivity contribution in [3.8, 4) is 11.6 Å². The molecule has 25 heavy (non-hydrogen) atoms. The van der Waals surface area contributed by atoms with Crippen LogP contribution in [-0.2, 0) is 5.54 Å². The van der Waals surface area contributed by atoms with Gasteiger partial charge in [-0.2, -0.15) is 0 Å². The van der Waals surface area contributed by atoms with Crippen LogP contribution in [0.4, 0.5) is 0 Å². The van der Waals surface area contributed by atoms with Gasteiger partial charge in [0.25, 0.3) is 0 Å². The monoisotopic (exact) mass is 360 g/mol. The molecular formula is C21H29ClN2O. The van der Waals surface area contributed by atoms with Crippen LogP contribution < -0.4 is 10.5 Å². The van der Waals surface area contributed by atoms with Crippen LogP contribution in [-0.4, -0.2) is 4.98 Å². The van der Waals surface area contributed by atoms with Gasteiger partial charge in [-0.05, 0) is 75.9 Å². The maximum absolute atomic E-state index is 6.64. The lowest BCUT2D eigenvalue weighted by atomic mass is 9.85. The van der Waals surface area contributed by atoms with Crippen LogP contribution in [0.5, 0.6) is 11.6 Å². The third-order valence-corrected chi connectivity index (χ3v) is 4.86. The molecule has 2 aromatic rings. The minimum Gasteiger partial charge on any atom is -0.438 e. The van der Waals surface area contributed by atoms with Crippen molar-refractivity contribution in [2.75, 3.05) is 0 Å². The van der Waals surface area contributed by atoms with Gasteiger partial charge in [0, 0.05) is 21.8 Å². The van der Waals surface area contributed by atoms with Gasteiger partial charge < -0.3 is 10.5 Å². The Hall–Kier alpha value is -1.58. The van der Waals surface area contributed by atoms with E-state index in [1.165, 1.54) is 0 Å². The maximum Gasteiger partial charge on any atom is 0.222 e. The maximum atomic E-state index is 6.64. The number of unbranched alkanes of at least 4 members (excludes halogenated alkanes) is 1. The summed E-state index contributed by atoms with van der Waals surface area (Å²) in [5, 5.41) is 0.714. The fourth-order valence-electron chi connectivity index (χ4n) is 3.23. The van der Waals surface area contributed by atoms with Crippen molar-refractivity contribution < 1.29 is 4.74 Å². The van der Waals surface area contributed by atoms with E-state index in [9.17, 15) is 0 Å². The van der Waals surface area contributed by atoms with E-state index in [2.05, 4.69) is 24.9 Å². The summed E-state index contributed by atoms with van der Waals surface area (Å²) in [7, 11) is 0. The molecule has 1 heterocycles. The van der Waals surface area contributed by atoms with Gasteiger partial charge in [-0.15, -0.1) is 0 Å². The standard InChI is InChI=1S/C21H29ClN2O/c1-7-8-9-21(6,23)18-12-15(4)24-20(16(18)5)25-19-13(2)10-17(22)11-14(19)3/h10-12H,7-9,23H2,1-6H3. The highest BCUT2D eigenvalue weighted by atomic mass is 35.5. The molecular weight excluding hydrogens is 332 g/mol. The second-order valence-electron chi connectivity index (χ2n) is 7.23. The van der Waals surface area contributed by atoms with Crippen molar-refractivity contribution in [3.63, 3.8) is 0 Å².